The average molecular weight is 175 g/mol. The van der Waals surface area contributed by atoms with Gasteiger partial charge in [-0.25, -0.2) is 0 Å². The Morgan fingerprint density at radius 3 is 3.15 bits per heavy atom. The van der Waals surface area contributed by atoms with Crippen molar-refractivity contribution in [2.24, 2.45) is 4.99 Å². The van der Waals surface area contributed by atoms with Gasteiger partial charge in [0.1, 0.15) is 5.76 Å². The molecule has 0 unspecified atom stereocenters. The second kappa shape index (κ2) is 5.21. The van der Waals surface area contributed by atoms with Crippen LogP contribution in [-0.2, 0) is 4.74 Å². The number of ether oxygens (including phenoxy) is 1. The maximum atomic E-state index is 5.23. The van der Waals surface area contributed by atoms with E-state index in [9.17, 15) is 0 Å². The number of aliphatic imine (C=N–C) groups is 1. The van der Waals surface area contributed by atoms with E-state index in [0.29, 0.717) is 13.0 Å². The van der Waals surface area contributed by atoms with Gasteiger partial charge in [-0.3, -0.25) is 4.99 Å². The van der Waals surface area contributed by atoms with Crippen molar-refractivity contribution in [3.8, 4) is 11.8 Å². The van der Waals surface area contributed by atoms with Gasteiger partial charge in [-0.1, -0.05) is 24.0 Å². The van der Waals surface area contributed by atoms with Crippen molar-refractivity contribution in [2.45, 2.75) is 12.8 Å². The Kier molecular flexibility index (Phi) is 3.84. The fraction of sp³-hybridized carbons (Fsp3) is 0.364. The summed E-state index contributed by atoms with van der Waals surface area (Å²) in [5.41, 5.74) is 1.08. The van der Waals surface area contributed by atoms with E-state index in [1.807, 2.05) is 12.2 Å². The SMILES string of the molecule is C=NCC1=C(\OC)CC#CC/C=C\1. The van der Waals surface area contributed by atoms with Gasteiger partial charge in [-0.2, -0.15) is 0 Å². The van der Waals surface area contributed by atoms with E-state index in [1.165, 1.54) is 0 Å². The molecular formula is C11H13NO. The van der Waals surface area contributed by atoms with E-state index >= 15 is 0 Å². The van der Waals surface area contributed by atoms with Crippen molar-refractivity contribution in [1.29, 1.82) is 0 Å². The van der Waals surface area contributed by atoms with Crippen LogP contribution in [0.2, 0.25) is 0 Å². The van der Waals surface area contributed by atoms with Gasteiger partial charge < -0.3 is 4.74 Å². The first-order chi connectivity index (χ1) is 6.38. The van der Waals surface area contributed by atoms with Crippen molar-refractivity contribution in [2.75, 3.05) is 13.7 Å². The van der Waals surface area contributed by atoms with E-state index in [4.69, 9.17) is 4.74 Å². The molecule has 0 aliphatic heterocycles. The summed E-state index contributed by atoms with van der Waals surface area (Å²) < 4.78 is 5.23. The van der Waals surface area contributed by atoms with Gasteiger partial charge in [-0.15, -0.1) is 0 Å². The molecule has 0 bridgehead atoms. The lowest BCUT2D eigenvalue weighted by atomic mass is 10.1. The molecule has 0 fully saturated rings. The summed E-state index contributed by atoms with van der Waals surface area (Å²) >= 11 is 0. The van der Waals surface area contributed by atoms with Gasteiger partial charge in [0.25, 0.3) is 0 Å². The predicted octanol–water partition coefficient (Wildman–Crippen LogP) is 1.94. The number of allylic oxidation sites excluding steroid dienone is 2. The van der Waals surface area contributed by atoms with Gasteiger partial charge in [0.15, 0.2) is 0 Å². The highest BCUT2D eigenvalue weighted by atomic mass is 16.5. The van der Waals surface area contributed by atoms with Crippen LogP contribution in [0, 0.1) is 11.8 Å². The normalized spacial score (nSPS) is 23.5. The zero-order valence-corrected chi connectivity index (χ0v) is 7.84. The Morgan fingerprint density at radius 2 is 2.46 bits per heavy atom. The fourth-order valence-electron chi connectivity index (χ4n) is 1.15. The first-order valence-corrected chi connectivity index (χ1v) is 4.19. The van der Waals surface area contributed by atoms with Gasteiger partial charge >= 0.3 is 0 Å². The second-order valence-electron chi connectivity index (χ2n) is 2.67. The topological polar surface area (TPSA) is 21.6 Å². The van der Waals surface area contributed by atoms with Crippen LogP contribution in [-0.4, -0.2) is 20.4 Å². The monoisotopic (exact) mass is 175 g/mol. The Morgan fingerprint density at radius 1 is 1.62 bits per heavy atom. The standard InChI is InChI=1S/C11H13NO/c1-12-9-10-7-5-3-4-6-8-11(10)13-2/h5,7H,1,3,8-9H2,2H3/b7-5-,11-10-. The molecule has 2 heteroatoms. The third kappa shape index (κ3) is 2.79. The second-order valence-corrected chi connectivity index (χ2v) is 2.67. The summed E-state index contributed by atoms with van der Waals surface area (Å²) in [5.74, 6) is 6.95. The van der Waals surface area contributed by atoms with E-state index < -0.39 is 0 Å². The van der Waals surface area contributed by atoms with E-state index in [-0.39, 0.29) is 0 Å². The molecule has 2 nitrogen and oxygen atoms in total. The number of rotatable bonds is 3. The maximum absolute atomic E-state index is 5.23. The molecule has 0 N–H and O–H groups in total. The molecule has 13 heavy (non-hydrogen) atoms. The molecule has 1 aliphatic carbocycles. The summed E-state index contributed by atoms with van der Waals surface area (Å²) in [6, 6.07) is 0. The average Bonchev–Trinajstić information content (AvgIpc) is 2.10. The molecule has 68 valence electrons. The van der Waals surface area contributed by atoms with Gasteiger partial charge in [0.05, 0.1) is 20.1 Å². The smallest absolute Gasteiger partial charge is 0.112 e. The van der Waals surface area contributed by atoms with Crippen LogP contribution in [0.4, 0.5) is 0 Å². The van der Waals surface area contributed by atoms with Crippen LogP contribution in [0.1, 0.15) is 12.8 Å². The van der Waals surface area contributed by atoms with Crippen molar-refractivity contribution < 1.29 is 4.74 Å². The van der Waals surface area contributed by atoms with E-state index in [2.05, 4.69) is 23.6 Å². The molecule has 0 saturated carbocycles. The Hall–Kier alpha value is -1.49. The molecule has 0 aromatic heterocycles. The Labute approximate surface area is 79.0 Å². The van der Waals surface area contributed by atoms with Crippen molar-refractivity contribution >= 4 is 6.72 Å². The number of hydrogen-bond acceptors (Lipinski definition) is 2. The minimum atomic E-state index is 0.599. The van der Waals surface area contributed by atoms with Crippen LogP contribution in [0.25, 0.3) is 0 Å². The lowest BCUT2D eigenvalue weighted by molar-refractivity contribution is 0.282. The molecule has 0 aromatic rings. The van der Waals surface area contributed by atoms with Crippen molar-refractivity contribution in [3.05, 3.63) is 23.5 Å². The fourth-order valence-corrected chi connectivity index (χ4v) is 1.15. The zero-order chi connectivity index (χ0) is 9.52. The molecule has 0 saturated heterocycles. The lowest BCUT2D eigenvalue weighted by Gasteiger charge is -2.08. The highest BCUT2D eigenvalue weighted by Gasteiger charge is 2.03. The maximum Gasteiger partial charge on any atom is 0.112 e. The first-order valence-electron chi connectivity index (χ1n) is 4.19. The number of hydrogen-bond donors (Lipinski definition) is 0. The molecule has 1 rings (SSSR count). The summed E-state index contributed by atoms with van der Waals surface area (Å²) in [7, 11) is 1.66. The molecule has 0 aromatic carbocycles. The Balaban J connectivity index is 2.90. The first kappa shape index (κ1) is 9.60. The molecular weight excluding hydrogens is 162 g/mol. The van der Waals surface area contributed by atoms with Crippen molar-refractivity contribution in [1.82, 2.24) is 0 Å². The van der Waals surface area contributed by atoms with Crippen LogP contribution in [0.15, 0.2) is 28.5 Å². The summed E-state index contributed by atoms with van der Waals surface area (Å²) in [4.78, 5) is 3.84. The zero-order valence-electron chi connectivity index (χ0n) is 7.84. The predicted molar refractivity (Wildman–Crippen MR) is 54.6 cm³/mol. The molecule has 0 spiro atoms. The minimum Gasteiger partial charge on any atom is -0.500 e. The quantitative estimate of drug-likeness (QED) is 0.474. The molecule has 1 aliphatic rings. The van der Waals surface area contributed by atoms with E-state index in [0.717, 1.165) is 17.8 Å². The Bertz CT molecular complexity index is 302. The third-order valence-electron chi connectivity index (χ3n) is 1.80. The number of nitrogens with zero attached hydrogens (tertiary/aromatic N) is 1. The molecule has 0 radical (unpaired) electrons. The largest absolute Gasteiger partial charge is 0.500 e. The summed E-state index contributed by atoms with van der Waals surface area (Å²) in [6.07, 6.45) is 5.51. The van der Waals surface area contributed by atoms with Gasteiger partial charge in [-0.05, 0) is 6.72 Å². The van der Waals surface area contributed by atoms with E-state index in [1.54, 1.807) is 7.11 Å². The summed E-state index contributed by atoms with van der Waals surface area (Å²) in [6.45, 7) is 4.07. The molecule has 0 heterocycles. The highest BCUT2D eigenvalue weighted by molar-refractivity contribution is 5.33. The van der Waals surface area contributed by atoms with Crippen LogP contribution < -0.4 is 0 Å². The summed E-state index contributed by atoms with van der Waals surface area (Å²) in [5, 5.41) is 0. The van der Waals surface area contributed by atoms with Gasteiger partial charge in [0.2, 0.25) is 0 Å². The van der Waals surface area contributed by atoms with Crippen molar-refractivity contribution in [3.63, 3.8) is 0 Å². The van der Waals surface area contributed by atoms with Crippen LogP contribution >= 0.6 is 0 Å². The molecule has 0 amide bonds. The third-order valence-corrected chi connectivity index (χ3v) is 1.80. The molecule has 0 atom stereocenters. The van der Waals surface area contributed by atoms with Crippen LogP contribution in [0.3, 0.4) is 0 Å². The minimum absolute atomic E-state index is 0.599. The van der Waals surface area contributed by atoms with Crippen LogP contribution in [0.5, 0.6) is 0 Å². The lowest BCUT2D eigenvalue weighted by Crippen LogP contribution is -1.96. The number of methoxy groups -OCH3 is 1. The van der Waals surface area contributed by atoms with Gasteiger partial charge in [0, 0.05) is 12.0 Å². The highest BCUT2D eigenvalue weighted by Crippen LogP contribution is 2.13.